The molecule has 34 heavy (non-hydrogen) atoms. The fraction of sp³-hybridized carbons (Fsp3) is 0.120. The Kier molecular flexibility index (Phi) is 7.92. The maximum Gasteiger partial charge on any atom is 0.271 e. The van der Waals surface area contributed by atoms with E-state index in [1.165, 1.54) is 36.4 Å². The van der Waals surface area contributed by atoms with E-state index in [1.807, 2.05) is 6.07 Å². The fourth-order valence-electron chi connectivity index (χ4n) is 2.98. The predicted octanol–water partition coefficient (Wildman–Crippen LogP) is 5.26. The molecule has 0 fully saturated rings. The van der Waals surface area contributed by atoms with E-state index in [-0.39, 0.29) is 29.4 Å². The zero-order valence-corrected chi connectivity index (χ0v) is 18.2. The Morgan fingerprint density at radius 3 is 2.62 bits per heavy atom. The zero-order chi connectivity index (χ0) is 24.5. The minimum atomic E-state index is -0.721. The van der Waals surface area contributed by atoms with Gasteiger partial charge in [0.15, 0.2) is 11.5 Å². The van der Waals surface area contributed by atoms with Crippen molar-refractivity contribution < 1.29 is 23.6 Å². The number of benzene rings is 3. The van der Waals surface area contributed by atoms with Crippen LogP contribution in [0, 0.1) is 27.3 Å². The summed E-state index contributed by atoms with van der Waals surface area (Å²) in [6.45, 7) is 2.12. The number of carbonyl (C=O) groups excluding carboxylic acids is 1. The van der Waals surface area contributed by atoms with Crippen molar-refractivity contribution >= 4 is 23.4 Å². The molecule has 0 atom stereocenters. The Hall–Kier alpha value is -4.71. The smallest absolute Gasteiger partial charge is 0.271 e. The van der Waals surface area contributed by atoms with Gasteiger partial charge in [-0.25, -0.2) is 4.39 Å². The van der Waals surface area contributed by atoms with Gasteiger partial charge in [0, 0.05) is 23.4 Å². The van der Waals surface area contributed by atoms with Gasteiger partial charge in [-0.15, -0.1) is 0 Å². The van der Waals surface area contributed by atoms with E-state index >= 15 is 0 Å². The first-order valence-corrected chi connectivity index (χ1v) is 10.2. The lowest BCUT2D eigenvalue weighted by Crippen LogP contribution is -2.13. The molecule has 1 amide bonds. The van der Waals surface area contributed by atoms with Crippen molar-refractivity contribution in [2.24, 2.45) is 0 Å². The number of nitrogens with zero attached hydrogens (tertiary/aromatic N) is 2. The molecule has 9 heteroatoms. The van der Waals surface area contributed by atoms with Crippen molar-refractivity contribution in [3.8, 4) is 17.6 Å². The number of hydrogen-bond acceptors (Lipinski definition) is 6. The Bertz CT molecular complexity index is 1280. The number of ether oxygens (including phenoxy) is 2. The van der Waals surface area contributed by atoms with Gasteiger partial charge in [0.05, 0.1) is 11.5 Å². The van der Waals surface area contributed by atoms with Crippen LogP contribution in [0.25, 0.3) is 6.08 Å². The minimum absolute atomic E-state index is 0.00298. The number of nitrogens with one attached hydrogen (secondary N) is 1. The highest BCUT2D eigenvalue weighted by molar-refractivity contribution is 6.09. The molecule has 3 aromatic carbocycles. The summed E-state index contributed by atoms with van der Waals surface area (Å²) < 4.78 is 25.2. The number of amides is 1. The average Bonchev–Trinajstić information content (AvgIpc) is 2.83. The summed E-state index contributed by atoms with van der Waals surface area (Å²) in [7, 11) is 0. The second kappa shape index (κ2) is 11.2. The molecule has 0 aromatic heterocycles. The summed E-state index contributed by atoms with van der Waals surface area (Å²) in [5.41, 5.74) is 0.666. The van der Waals surface area contributed by atoms with Gasteiger partial charge < -0.3 is 14.8 Å². The molecule has 0 saturated heterocycles. The molecule has 1 N–H and O–H groups in total. The topological polar surface area (TPSA) is 114 Å². The molecule has 0 heterocycles. The second-order valence-corrected chi connectivity index (χ2v) is 6.95. The molecule has 0 spiro atoms. The molecule has 0 unspecified atom stereocenters. The predicted molar refractivity (Wildman–Crippen MR) is 124 cm³/mol. The SMILES string of the molecule is CCOc1cc(/C=C(\C#N)C(=O)Nc2cccc([N+](=O)[O-])c2)ccc1OCc1ccccc1F. The first-order valence-electron chi connectivity index (χ1n) is 10.2. The number of nitriles is 1. The van der Waals surface area contributed by atoms with Crippen LogP contribution in [0.1, 0.15) is 18.1 Å². The monoisotopic (exact) mass is 461 g/mol. The van der Waals surface area contributed by atoms with E-state index in [0.717, 1.165) is 0 Å². The van der Waals surface area contributed by atoms with Gasteiger partial charge in [0.1, 0.15) is 24.1 Å². The molecule has 3 rings (SSSR count). The fourth-order valence-corrected chi connectivity index (χ4v) is 2.98. The van der Waals surface area contributed by atoms with E-state index in [1.54, 1.807) is 43.3 Å². The molecule has 0 aliphatic heterocycles. The van der Waals surface area contributed by atoms with Crippen molar-refractivity contribution in [1.29, 1.82) is 5.26 Å². The molecule has 0 saturated carbocycles. The van der Waals surface area contributed by atoms with Crippen LogP contribution in [0.4, 0.5) is 15.8 Å². The second-order valence-electron chi connectivity index (χ2n) is 6.95. The highest BCUT2D eigenvalue weighted by Crippen LogP contribution is 2.30. The van der Waals surface area contributed by atoms with Gasteiger partial charge in [-0.1, -0.05) is 30.3 Å². The van der Waals surface area contributed by atoms with E-state index < -0.39 is 10.8 Å². The average molecular weight is 461 g/mol. The lowest BCUT2D eigenvalue weighted by Gasteiger charge is -2.13. The summed E-state index contributed by atoms with van der Waals surface area (Å²) in [5.74, 6) is -0.361. The number of hydrogen-bond donors (Lipinski definition) is 1. The highest BCUT2D eigenvalue weighted by Gasteiger charge is 2.14. The number of carbonyl (C=O) groups is 1. The number of rotatable bonds is 9. The van der Waals surface area contributed by atoms with E-state index in [4.69, 9.17) is 9.47 Å². The van der Waals surface area contributed by atoms with Crippen LogP contribution >= 0.6 is 0 Å². The summed E-state index contributed by atoms with van der Waals surface area (Å²) in [5, 5.41) is 22.9. The van der Waals surface area contributed by atoms with Crippen molar-refractivity contribution in [2.75, 3.05) is 11.9 Å². The molecular formula is C25H20FN3O5. The standard InChI is InChI=1S/C25H20FN3O5/c1-2-33-24-13-17(10-11-23(24)34-16-18-6-3-4-9-22(18)26)12-19(15-27)25(30)28-20-7-5-8-21(14-20)29(31)32/h3-14H,2,16H2,1H3,(H,28,30)/b19-12+. The van der Waals surface area contributed by atoms with Gasteiger partial charge in [0.25, 0.3) is 11.6 Å². The van der Waals surface area contributed by atoms with Crippen LogP contribution in [0.3, 0.4) is 0 Å². The molecule has 172 valence electrons. The Morgan fingerprint density at radius 1 is 1.12 bits per heavy atom. The van der Waals surface area contributed by atoms with E-state index in [0.29, 0.717) is 29.2 Å². The van der Waals surface area contributed by atoms with Gasteiger partial charge in [0.2, 0.25) is 0 Å². The summed E-state index contributed by atoms with van der Waals surface area (Å²) in [6.07, 6.45) is 1.36. The number of non-ortho nitro benzene ring substituents is 1. The van der Waals surface area contributed by atoms with Crippen LogP contribution < -0.4 is 14.8 Å². The summed E-state index contributed by atoms with van der Waals surface area (Å²) >= 11 is 0. The van der Waals surface area contributed by atoms with Crippen LogP contribution in [0.5, 0.6) is 11.5 Å². The van der Waals surface area contributed by atoms with E-state index in [2.05, 4.69) is 5.32 Å². The molecule has 0 aliphatic rings. The number of nitro benzene ring substituents is 1. The third-order valence-electron chi connectivity index (χ3n) is 4.60. The Labute approximate surface area is 195 Å². The van der Waals surface area contributed by atoms with Crippen molar-refractivity contribution in [1.82, 2.24) is 0 Å². The number of nitro groups is 1. The first kappa shape index (κ1) is 23.9. The molecule has 0 bridgehead atoms. The van der Waals surface area contributed by atoms with Gasteiger partial charge in [-0.05, 0) is 42.8 Å². The van der Waals surface area contributed by atoms with Crippen LogP contribution in [0.15, 0.2) is 72.3 Å². The minimum Gasteiger partial charge on any atom is -0.490 e. The first-order chi connectivity index (χ1) is 16.4. The Balaban J connectivity index is 1.79. The van der Waals surface area contributed by atoms with Crippen molar-refractivity contribution in [2.45, 2.75) is 13.5 Å². The highest BCUT2D eigenvalue weighted by atomic mass is 19.1. The lowest BCUT2D eigenvalue weighted by atomic mass is 10.1. The third-order valence-corrected chi connectivity index (χ3v) is 4.60. The molecule has 8 nitrogen and oxygen atoms in total. The normalized spacial score (nSPS) is 10.8. The molecule has 3 aromatic rings. The molecular weight excluding hydrogens is 441 g/mol. The maximum absolute atomic E-state index is 13.9. The van der Waals surface area contributed by atoms with Crippen molar-refractivity contribution in [3.63, 3.8) is 0 Å². The van der Waals surface area contributed by atoms with Gasteiger partial charge >= 0.3 is 0 Å². The van der Waals surface area contributed by atoms with Gasteiger partial charge in [-0.3, -0.25) is 14.9 Å². The lowest BCUT2D eigenvalue weighted by molar-refractivity contribution is -0.384. The largest absolute Gasteiger partial charge is 0.490 e. The quantitative estimate of drug-likeness (QED) is 0.201. The number of halogens is 1. The number of anilines is 1. The van der Waals surface area contributed by atoms with Crippen LogP contribution in [-0.4, -0.2) is 17.4 Å². The van der Waals surface area contributed by atoms with Gasteiger partial charge in [-0.2, -0.15) is 5.26 Å². The summed E-state index contributed by atoms with van der Waals surface area (Å²) in [4.78, 5) is 22.9. The zero-order valence-electron chi connectivity index (χ0n) is 18.2. The van der Waals surface area contributed by atoms with E-state index in [9.17, 15) is 24.6 Å². The van der Waals surface area contributed by atoms with Crippen LogP contribution in [0.2, 0.25) is 0 Å². The summed E-state index contributed by atoms with van der Waals surface area (Å²) in [6, 6.07) is 18.3. The third kappa shape index (κ3) is 6.17. The Morgan fingerprint density at radius 2 is 1.91 bits per heavy atom. The van der Waals surface area contributed by atoms with Crippen LogP contribution in [-0.2, 0) is 11.4 Å². The molecule has 0 aliphatic carbocycles. The maximum atomic E-state index is 13.9. The van der Waals surface area contributed by atoms with Crippen molar-refractivity contribution in [3.05, 3.63) is 99.4 Å². The molecule has 0 radical (unpaired) electrons.